The van der Waals surface area contributed by atoms with E-state index in [-0.39, 0.29) is 11.9 Å². The monoisotopic (exact) mass is 276 g/mol. The molecule has 0 bridgehead atoms. The molecule has 1 amide bonds. The van der Waals surface area contributed by atoms with Gasteiger partial charge in [-0.3, -0.25) is 4.79 Å². The molecule has 6 heteroatoms. The van der Waals surface area contributed by atoms with Gasteiger partial charge in [0.1, 0.15) is 5.82 Å². The van der Waals surface area contributed by atoms with Crippen molar-refractivity contribution >= 4 is 23.1 Å². The topological polar surface area (TPSA) is 72.1 Å². The lowest BCUT2D eigenvalue weighted by molar-refractivity contribution is 0.0737. The number of amides is 1. The fourth-order valence-corrected chi connectivity index (χ4v) is 2.52. The summed E-state index contributed by atoms with van der Waals surface area (Å²) in [5.41, 5.74) is 5.77. The van der Waals surface area contributed by atoms with Crippen molar-refractivity contribution in [3.8, 4) is 0 Å². The van der Waals surface area contributed by atoms with Gasteiger partial charge < -0.3 is 10.6 Å². The quantitative estimate of drug-likeness (QED) is 0.924. The average molecular weight is 276 g/mol. The maximum absolute atomic E-state index is 12.2. The lowest BCUT2D eigenvalue weighted by atomic mass is 10.1. The number of aromatic nitrogens is 2. The average Bonchev–Trinajstić information content (AvgIpc) is 2.90. The molecule has 2 heterocycles. The van der Waals surface area contributed by atoms with Crippen LogP contribution in [0.1, 0.15) is 22.3 Å². The standard InChI is InChI=1S/C13H16N4OS/c1-9(8-10-4-3-7-19-10)17(2)13(18)11-5-6-12(14)16-15-11/h3-7,9H,8H2,1-2H3,(H2,14,16). The van der Waals surface area contributed by atoms with Crippen molar-refractivity contribution in [2.24, 2.45) is 0 Å². The van der Waals surface area contributed by atoms with Crippen LogP contribution in [-0.4, -0.2) is 34.1 Å². The van der Waals surface area contributed by atoms with Crippen LogP contribution in [0.25, 0.3) is 0 Å². The Hall–Kier alpha value is -1.95. The zero-order valence-corrected chi connectivity index (χ0v) is 11.7. The summed E-state index contributed by atoms with van der Waals surface area (Å²) in [5.74, 6) is 0.169. The predicted molar refractivity (Wildman–Crippen MR) is 76.0 cm³/mol. The highest BCUT2D eigenvalue weighted by Crippen LogP contribution is 2.14. The SMILES string of the molecule is CC(Cc1cccs1)N(C)C(=O)c1ccc(N)nn1. The zero-order chi connectivity index (χ0) is 13.8. The summed E-state index contributed by atoms with van der Waals surface area (Å²) in [7, 11) is 1.78. The van der Waals surface area contributed by atoms with E-state index >= 15 is 0 Å². The van der Waals surface area contributed by atoms with E-state index in [1.807, 2.05) is 18.4 Å². The van der Waals surface area contributed by atoms with Crippen LogP contribution in [-0.2, 0) is 6.42 Å². The van der Waals surface area contributed by atoms with E-state index in [4.69, 9.17) is 5.73 Å². The molecule has 0 saturated carbocycles. The van der Waals surface area contributed by atoms with Crippen molar-refractivity contribution in [3.05, 3.63) is 40.2 Å². The zero-order valence-electron chi connectivity index (χ0n) is 10.9. The minimum absolute atomic E-state index is 0.102. The lowest BCUT2D eigenvalue weighted by Gasteiger charge is -2.24. The number of likely N-dealkylation sites (N-methyl/N-ethyl adjacent to an activating group) is 1. The number of carbonyl (C=O) groups excluding carboxylic acids is 1. The smallest absolute Gasteiger partial charge is 0.274 e. The van der Waals surface area contributed by atoms with Crippen LogP contribution in [0.15, 0.2) is 29.6 Å². The van der Waals surface area contributed by atoms with Crippen LogP contribution < -0.4 is 5.73 Å². The Morgan fingerprint density at radius 2 is 2.21 bits per heavy atom. The summed E-state index contributed by atoms with van der Waals surface area (Å²) in [6, 6.07) is 7.37. The second-order valence-electron chi connectivity index (χ2n) is 4.39. The number of hydrogen-bond acceptors (Lipinski definition) is 5. The van der Waals surface area contributed by atoms with Crippen LogP contribution in [0.3, 0.4) is 0 Å². The first kappa shape index (κ1) is 13.5. The van der Waals surface area contributed by atoms with Gasteiger partial charge in [0.2, 0.25) is 0 Å². The van der Waals surface area contributed by atoms with Gasteiger partial charge in [0.15, 0.2) is 5.69 Å². The van der Waals surface area contributed by atoms with Gasteiger partial charge in [-0.15, -0.1) is 21.5 Å². The van der Waals surface area contributed by atoms with Crippen LogP contribution >= 0.6 is 11.3 Å². The van der Waals surface area contributed by atoms with Crippen molar-refractivity contribution in [1.29, 1.82) is 0 Å². The summed E-state index contributed by atoms with van der Waals surface area (Å²) in [6.07, 6.45) is 0.836. The second-order valence-corrected chi connectivity index (χ2v) is 5.42. The van der Waals surface area contributed by atoms with E-state index < -0.39 is 0 Å². The molecule has 2 aromatic rings. The number of nitrogens with zero attached hydrogens (tertiary/aromatic N) is 3. The van der Waals surface area contributed by atoms with E-state index in [0.717, 1.165) is 6.42 Å². The molecule has 0 aliphatic rings. The molecule has 0 fully saturated rings. The Labute approximate surface area is 116 Å². The number of nitrogens with two attached hydrogens (primary N) is 1. The Morgan fingerprint density at radius 3 is 2.79 bits per heavy atom. The molecule has 1 unspecified atom stereocenters. The summed E-state index contributed by atoms with van der Waals surface area (Å²) in [4.78, 5) is 15.2. The van der Waals surface area contributed by atoms with Gasteiger partial charge in [-0.05, 0) is 30.5 Å². The van der Waals surface area contributed by atoms with Gasteiger partial charge in [0, 0.05) is 24.4 Å². The van der Waals surface area contributed by atoms with Gasteiger partial charge >= 0.3 is 0 Å². The van der Waals surface area contributed by atoms with Crippen molar-refractivity contribution in [2.75, 3.05) is 12.8 Å². The summed E-state index contributed by atoms with van der Waals surface area (Å²) >= 11 is 1.70. The molecule has 1 atom stereocenters. The van der Waals surface area contributed by atoms with Gasteiger partial charge in [-0.2, -0.15) is 0 Å². The van der Waals surface area contributed by atoms with Crippen molar-refractivity contribution in [3.63, 3.8) is 0 Å². The first-order valence-corrected chi connectivity index (χ1v) is 6.84. The number of rotatable bonds is 4. The van der Waals surface area contributed by atoms with Gasteiger partial charge in [-0.1, -0.05) is 6.07 Å². The normalized spacial score (nSPS) is 12.1. The molecular weight excluding hydrogens is 260 g/mol. The summed E-state index contributed by atoms with van der Waals surface area (Å²) in [6.45, 7) is 2.02. The Morgan fingerprint density at radius 1 is 1.42 bits per heavy atom. The maximum atomic E-state index is 12.2. The summed E-state index contributed by atoms with van der Waals surface area (Å²) in [5, 5.41) is 9.55. The third-order valence-corrected chi connectivity index (χ3v) is 3.86. The first-order valence-electron chi connectivity index (χ1n) is 5.96. The molecule has 100 valence electrons. The van der Waals surface area contributed by atoms with E-state index in [0.29, 0.717) is 11.5 Å². The fourth-order valence-electron chi connectivity index (χ4n) is 1.69. The highest BCUT2D eigenvalue weighted by Gasteiger charge is 2.19. The van der Waals surface area contributed by atoms with E-state index in [9.17, 15) is 4.79 Å². The summed E-state index contributed by atoms with van der Waals surface area (Å²) < 4.78 is 0. The molecule has 2 aromatic heterocycles. The van der Waals surface area contributed by atoms with E-state index in [1.165, 1.54) is 4.88 Å². The highest BCUT2D eigenvalue weighted by atomic mass is 32.1. The molecule has 19 heavy (non-hydrogen) atoms. The third kappa shape index (κ3) is 3.29. The van der Waals surface area contributed by atoms with Crippen LogP contribution in [0.5, 0.6) is 0 Å². The molecule has 0 aromatic carbocycles. The molecule has 0 aliphatic carbocycles. The molecular formula is C13H16N4OS. The lowest BCUT2D eigenvalue weighted by Crippen LogP contribution is -2.36. The number of carbonyl (C=O) groups is 1. The van der Waals surface area contributed by atoms with Crippen molar-refractivity contribution < 1.29 is 4.79 Å². The van der Waals surface area contributed by atoms with Crippen LogP contribution in [0.4, 0.5) is 5.82 Å². The van der Waals surface area contributed by atoms with Gasteiger partial charge in [0.05, 0.1) is 0 Å². The second kappa shape index (κ2) is 5.79. The fraction of sp³-hybridized carbons (Fsp3) is 0.308. The number of anilines is 1. The molecule has 0 spiro atoms. The molecule has 5 nitrogen and oxygen atoms in total. The maximum Gasteiger partial charge on any atom is 0.274 e. The molecule has 2 rings (SSSR count). The van der Waals surface area contributed by atoms with Crippen LogP contribution in [0, 0.1) is 0 Å². The van der Waals surface area contributed by atoms with Crippen LogP contribution in [0.2, 0.25) is 0 Å². The Bertz CT molecular complexity index is 538. The minimum Gasteiger partial charge on any atom is -0.382 e. The predicted octanol–water partition coefficient (Wildman–Crippen LogP) is 1.82. The van der Waals surface area contributed by atoms with Gasteiger partial charge in [0.25, 0.3) is 5.91 Å². The minimum atomic E-state index is -0.142. The number of nitrogen functional groups attached to an aromatic ring is 1. The molecule has 2 N–H and O–H groups in total. The van der Waals surface area contributed by atoms with E-state index in [2.05, 4.69) is 16.3 Å². The number of hydrogen-bond donors (Lipinski definition) is 1. The number of thiophene rings is 1. The first-order chi connectivity index (χ1) is 9.08. The van der Waals surface area contributed by atoms with E-state index in [1.54, 1.807) is 35.4 Å². The van der Waals surface area contributed by atoms with Crippen molar-refractivity contribution in [2.45, 2.75) is 19.4 Å². The van der Waals surface area contributed by atoms with Crippen molar-refractivity contribution in [1.82, 2.24) is 15.1 Å². The van der Waals surface area contributed by atoms with Gasteiger partial charge in [-0.25, -0.2) is 0 Å². The largest absolute Gasteiger partial charge is 0.382 e. The molecule has 0 radical (unpaired) electrons. The Balaban J connectivity index is 2.04. The molecule has 0 saturated heterocycles. The molecule has 0 aliphatic heterocycles. The Kier molecular flexibility index (Phi) is 4.11. The third-order valence-electron chi connectivity index (χ3n) is 2.96. The highest BCUT2D eigenvalue weighted by molar-refractivity contribution is 7.09.